The van der Waals surface area contributed by atoms with E-state index >= 15 is 0 Å². The van der Waals surface area contributed by atoms with E-state index in [0.29, 0.717) is 19.4 Å². The van der Waals surface area contributed by atoms with Gasteiger partial charge in [-0.05, 0) is 38.8 Å². The molecule has 0 saturated heterocycles. The Kier molecular flexibility index (Phi) is 10.6. The highest BCUT2D eigenvalue weighted by atomic mass is 16.5. The number of carbonyl (C=O) groups excluding carboxylic acids is 2. The van der Waals surface area contributed by atoms with Crippen molar-refractivity contribution in [3.63, 3.8) is 0 Å². The summed E-state index contributed by atoms with van der Waals surface area (Å²) >= 11 is 0. The van der Waals surface area contributed by atoms with Gasteiger partial charge in [-0.15, -0.1) is 0 Å². The topological polar surface area (TPSA) is 134 Å². The van der Waals surface area contributed by atoms with Gasteiger partial charge in [0.2, 0.25) is 11.8 Å². The third kappa shape index (κ3) is 6.98. The average Bonchev–Trinajstić information content (AvgIpc) is 2.81. The lowest BCUT2D eigenvalue weighted by atomic mass is 10.1. The smallest absolute Gasteiger partial charge is 0.353 e. The number of aliphatic hydroxyl groups is 1. The first-order chi connectivity index (χ1) is 16.8. The Morgan fingerprint density at radius 3 is 2.34 bits per heavy atom. The molecule has 0 saturated carbocycles. The first kappa shape index (κ1) is 27.7. The number of carbonyl (C=O) groups is 2. The van der Waals surface area contributed by atoms with Crippen molar-refractivity contribution in [3.05, 3.63) is 51.6 Å². The van der Waals surface area contributed by atoms with E-state index in [1.54, 1.807) is 25.2 Å². The molecule has 190 valence electrons. The Balaban J connectivity index is 2.35. The number of nitrogens with zero attached hydrogens (tertiary/aromatic N) is 4. The monoisotopic (exact) mass is 486 g/mol. The third-order valence-corrected chi connectivity index (χ3v) is 5.25. The maximum atomic E-state index is 12.9. The lowest BCUT2D eigenvalue weighted by molar-refractivity contribution is -0.124. The average molecular weight is 487 g/mol. The third-order valence-electron chi connectivity index (χ3n) is 5.25. The number of ether oxygens (including phenoxy) is 1. The van der Waals surface area contributed by atoms with Gasteiger partial charge in [0.25, 0.3) is 5.91 Å². The van der Waals surface area contributed by atoms with Gasteiger partial charge in [-0.3, -0.25) is 14.3 Å². The normalized spacial score (nSPS) is 16.5. The van der Waals surface area contributed by atoms with Crippen molar-refractivity contribution in [1.82, 2.24) is 14.5 Å². The number of aromatic nitrogens is 2. The Morgan fingerprint density at radius 1 is 1.03 bits per heavy atom. The molecule has 3 amide bonds. The number of imide groups is 1. The van der Waals surface area contributed by atoms with Crippen LogP contribution in [-0.4, -0.2) is 55.7 Å². The molecule has 35 heavy (non-hydrogen) atoms. The largest absolute Gasteiger partial charge is 0.494 e. The lowest BCUT2D eigenvalue weighted by Gasteiger charge is -2.24. The summed E-state index contributed by atoms with van der Waals surface area (Å²) < 4.78 is 6.56. The van der Waals surface area contributed by atoms with Gasteiger partial charge in [-0.2, -0.15) is 9.98 Å². The molecule has 0 spiro atoms. The zero-order chi connectivity index (χ0) is 26.0. The van der Waals surface area contributed by atoms with E-state index in [2.05, 4.69) is 9.98 Å². The van der Waals surface area contributed by atoms with Crippen LogP contribution in [0.3, 0.4) is 0 Å². The first-order valence-corrected chi connectivity index (χ1v) is 11.9. The van der Waals surface area contributed by atoms with E-state index in [0.717, 1.165) is 17.7 Å². The van der Waals surface area contributed by atoms with E-state index in [9.17, 15) is 24.6 Å². The second kappa shape index (κ2) is 13.4. The molecule has 1 aliphatic heterocycles. The summed E-state index contributed by atoms with van der Waals surface area (Å²) in [5, 5.41) is 20.7. The number of unbranched alkanes of at least 4 members (excludes halogenated alkanes) is 2. The Labute approximate surface area is 205 Å². The van der Waals surface area contributed by atoms with Crippen molar-refractivity contribution in [2.24, 2.45) is 4.99 Å². The van der Waals surface area contributed by atoms with Gasteiger partial charge < -0.3 is 14.9 Å². The number of hydrogen-bond acceptors (Lipinski definition) is 7. The minimum Gasteiger partial charge on any atom is -0.494 e. The van der Waals surface area contributed by atoms with E-state index in [-0.39, 0.29) is 41.8 Å². The van der Waals surface area contributed by atoms with Gasteiger partial charge in [0.05, 0.1) is 24.0 Å². The summed E-state index contributed by atoms with van der Waals surface area (Å²) in [4.78, 5) is 46.3. The predicted octanol–water partition coefficient (Wildman–Crippen LogP) is 3.50. The van der Waals surface area contributed by atoms with Crippen LogP contribution in [0.1, 0.15) is 70.7 Å². The lowest BCUT2D eigenvalue weighted by Crippen LogP contribution is -2.43. The van der Waals surface area contributed by atoms with E-state index in [4.69, 9.17) is 4.74 Å². The molecule has 1 atom stereocenters. The number of aliphatic imine (C=N–C) groups is 1. The minimum absolute atomic E-state index is 0.0230. The van der Waals surface area contributed by atoms with Crippen LogP contribution in [0.25, 0.3) is 6.08 Å². The summed E-state index contributed by atoms with van der Waals surface area (Å²) in [6.45, 7) is 7.97. The number of urea groups is 1. The summed E-state index contributed by atoms with van der Waals surface area (Å²) in [7, 11) is 0. The van der Waals surface area contributed by atoms with Crippen molar-refractivity contribution >= 4 is 23.9 Å². The summed E-state index contributed by atoms with van der Waals surface area (Å²) in [6.07, 6.45) is 9.75. The highest BCUT2D eigenvalue weighted by molar-refractivity contribution is 6.27. The van der Waals surface area contributed by atoms with E-state index in [1.807, 2.05) is 13.8 Å². The molecule has 0 aromatic carbocycles. The molecule has 2 rings (SSSR count). The minimum atomic E-state index is -1.06. The van der Waals surface area contributed by atoms with Gasteiger partial charge >= 0.3 is 11.7 Å². The molecule has 10 nitrogen and oxygen atoms in total. The van der Waals surface area contributed by atoms with Gasteiger partial charge in [-0.25, -0.2) is 9.59 Å². The summed E-state index contributed by atoms with van der Waals surface area (Å²) in [5.41, 5.74) is -0.157. The summed E-state index contributed by atoms with van der Waals surface area (Å²) in [6, 6.07) is -0.639. The molecule has 0 fully saturated rings. The molecule has 1 unspecified atom stereocenters. The van der Waals surface area contributed by atoms with Gasteiger partial charge in [-0.1, -0.05) is 44.9 Å². The zero-order valence-corrected chi connectivity index (χ0v) is 20.7. The zero-order valence-electron chi connectivity index (χ0n) is 20.7. The fraction of sp³-hybridized carbons (Fsp3) is 0.480. The van der Waals surface area contributed by atoms with Crippen LogP contribution in [0.5, 0.6) is 5.88 Å². The number of aliphatic hydroxyl groups excluding tert-OH is 1. The number of amides is 3. The van der Waals surface area contributed by atoms with Crippen molar-refractivity contribution in [3.8, 4) is 5.88 Å². The SMILES string of the molecule is CCCCN1C(=O)N=C(OCC)C(=CC=CC=Cc2c(C(C)O)nc(=O)n(CCCC)c2O)C1=O. The van der Waals surface area contributed by atoms with Crippen LogP contribution in [0.15, 0.2) is 39.7 Å². The molecule has 2 heterocycles. The molecule has 0 aliphatic carbocycles. The molecule has 1 aliphatic rings. The molecule has 1 aromatic rings. The fourth-order valence-electron chi connectivity index (χ4n) is 3.37. The molecule has 1 aromatic heterocycles. The molecular formula is C25H34N4O6. The number of allylic oxidation sites excluding steroid dienone is 4. The molecular weight excluding hydrogens is 452 g/mol. The van der Waals surface area contributed by atoms with Gasteiger partial charge in [0.1, 0.15) is 5.57 Å². The van der Waals surface area contributed by atoms with Crippen molar-refractivity contribution in [2.75, 3.05) is 13.2 Å². The van der Waals surface area contributed by atoms with Crippen LogP contribution in [0.4, 0.5) is 4.79 Å². The van der Waals surface area contributed by atoms with Crippen molar-refractivity contribution in [2.45, 2.75) is 66.0 Å². The second-order valence-electron chi connectivity index (χ2n) is 7.97. The Morgan fingerprint density at radius 2 is 1.71 bits per heavy atom. The highest BCUT2D eigenvalue weighted by Gasteiger charge is 2.33. The maximum absolute atomic E-state index is 12.9. The van der Waals surface area contributed by atoms with Gasteiger partial charge in [0, 0.05) is 13.1 Å². The Bertz CT molecular complexity index is 1100. The molecule has 2 N–H and O–H groups in total. The van der Waals surface area contributed by atoms with Gasteiger partial charge in [0.15, 0.2) is 0 Å². The quantitative estimate of drug-likeness (QED) is 0.361. The molecule has 0 radical (unpaired) electrons. The highest BCUT2D eigenvalue weighted by Crippen LogP contribution is 2.24. The standard InChI is InChI=1S/C25H34N4O6/c1-5-8-15-28-22(31)18(20(17(4)30)26-24(28)33)13-11-10-12-14-19-21(35-7-3)27-25(34)29(23(19)32)16-9-6-2/h10-14,17,30-31H,5-9,15-16H2,1-4H3. The number of hydrogen-bond donors (Lipinski definition) is 2. The van der Waals surface area contributed by atoms with E-state index < -0.39 is 23.7 Å². The molecule has 0 bridgehead atoms. The Hall–Kier alpha value is -3.53. The van der Waals surface area contributed by atoms with Crippen molar-refractivity contribution in [1.29, 1.82) is 0 Å². The predicted molar refractivity (Wildman–Crippen MR) is 133 cm³/mol. The second-order valence-corrected chi connectivity index (χ2v) is 7.97. The van der Waals surface area contributed by atoms with Crippen LogP contribution in [-0.2, 0) is 16.1 Å². The van der Waals surface area contributed by atoms with E-state index in [1.165, 1.54) is 23.6 Å². The first-order valence-electron chi connectivity index (χ1n) is 11.9. The van der Waals surface area contributed by atoms with Crippen LogP contribution < -0.4 is 5.69 Å². The number of rotatable bonds is 11. The van der Waals surface area contributed by atoms with Crippen LogP contribution >= 0.6 is 0 Å². The summed E-state index contributed by atoms with van der Waals surface area (Å²) in [5.74, 6) is -0.766. The molecule has 10 heteroatoms. The van der Waals surface area contributed by atoms with Crippen LogP contribution in [0, 0.1) is 0 Å². The fourth-order valence-corrected chi connectivity index (χ4v) is 3.37. The number of aromatic hydroxyl groups is 1. The maximum Gasteiger partial charge on any atom is 0.353 e. The van der Waals surface area contributed by atoms with Crippen molar-refractivity contribution < 1.29 is 24.5 Å². The van der Waals surface area contributed by atoms with Crippen LogP contribution in [0.2, 0.25) is 0 Å².